The Kier molecular flexibility index (Phi) is 5.60. The topological polar surface area (TPSA) is 33.2 Å². The summed E-state index contributed by atoms with van der Waals surface area (Å²) in [6.07, 6.45) is 0.218. The second-order valence-corrected chi connectivity index (χ2v) is 7.22. The SMILES string of the molecule is CCN(C(=O)Cc1csc(-c2cccc(Br)c2)n1)c1ccc(F)cc1. The number of halogens is 2. The van der Waals surface area contributed by atoms with Crippen LogP contribution in [0.15, 0.2) is 58.4 Å². The van der Waals surface area contributed by atoms with Crippen LogP contribution in [0.4, 0.5) is 10.1 Å². The molecule has 1 heterocycles. The van der Waals surface area contributed by atoms with Crippen molar-refractivity contribution >= 4 is 38.9 Å². The van der Waals surface area contributed by atoms with Crippen LogP contribution in [-0.2, 0) is 11.2 Å². The molecular formula is C19H16BrFN2OS. The molecule has 0 saturated heterocycles. The Morgan fingerprint density at radius 3 is 2.68 bits per heavy atom. The third-order valence-electron chi connectivity index (χ3n) is 3.71. The van der Waals surface area contributed by atoms with Crippen molar-refractivity contribution in [2.75, 3.05) is 11.4 Å². The predicted octanol–water partition coefficient (Wildman–Crippen LogP) is 5.31. The molecule has 0 saturated carbocycles. The standard InChI is InChI=1S/C19H16BrFN2OS/c1-2-23(17-8-6-15(21)7-9-17)18(24)11-16-12-25-19(22-16)13-4-3-5-14(20)10-13/h3-10,12H,2,11H2,1H3. The van der Waals surface area contributed by atoms with Gasteiger partial charge in [-0.05, 0) is 43.3 Å². The number of nitrogens with zero attached hydrogens (tertiary/aromatic N) is 2. The number of rotatable bonds is 5. The fourth-order valence-electron chi connectivity index (χ4n) is 2.52. The number of benzene rings is 2. The van der Waals surface area contributed by atoms with Gasteiger partial charge in [-0.1, -0.05) is 28.1 Å². The van der Waals surface area contributed by atoms with Gasteiger partial charge in [0, 0.05) is 27.6 Å². The minimum Gasteiger partial charge on any atom is -0.312 e. The number of amides is 1. The highest BCUT2D eigenvalue weighted by Crippen LogP contribution is 2.26. The van der Waals surface area contributed by atoms with Gasteiger partial charge in [-0.25, -0.2) is 9.37 Å². The average molecular weight is 419 g/mol. The molecule has 0 aliphatic rings. The molecule has 3 nitrogen and oxygen atoms in total. The highest BCUT2D eigenvalue weighted by molar-refractivity contribution is 9.10. The van der Waals surface area contributed by atoms with Gasteiger partial charge in [0.15, 0.2) is 0 Å². The highest BCUT2D eigenvalue weighted by Gasteiger charge is 2.16. The number of thiazole rings is 1. The van der Waals surface area contributed by atoms with E-state index < -0.39 is 0 Å². The molecule has 25 heavy (non-hydrogen) atoms. The molecule has 0 N–H and O–H groups in total. The van der Waals surface area contributed by atoms with E-state index in [1.54, 1.807) is 17.0 Å². The van der Waals surface area contributed by atoms with Crippen LogP contribution in [0.5, 0.6) is 0 Å². The minimum atomic E-state index is -0.314. The number of hydrogen-bond donors (Lipinski definition) is 0. The maximum Gasteiger partial charge on any atom is 0.233 e. The first-order chi connectivity index (χ1) is 12.1. The van der Waals surface area contributed by atoms with Crippen LogP contribution in [-0.4, -0.2) is 17.4 Å². The summed E-state index contributed by atoms with van der Waals surface area (Å²) >= 11 is 4.97. The average Bonchev–Trinajstić information content (AvgIpc) is 3.06. The van der Waals surface area contributed by atoms with Crippen LogP contribution in [0, 0.1) is 5.82 Å². The molecule has 0 aliphatic carbocycles. The Labute approximate surface area is 158 Å². The zero-order valence-electron chi connectivity index (χ0n) is 13.6. The molecule has 128 valence electrons. The van der Waals surface area contributed by atoms with E-state index in [0.29, 0.717) is 12.2 Å². The monoisotopic (exact) mass is 418 g/mol. The number of carbonyl (C=O) groups excluding carboxylic acids is 1. The summed E-state index contributed by atoms with van der Waals surface area (Å²) in [5.41, 5.74) is 2.45. The maximum atomic E-state index is 13.1. The summed E-state index contributed by atoms with van der Waals surface area (Å²) in [4.78, 5) is 18.8. The summed E-state index contributed by atoms with van der Waals surface area (Å²) in [7, 11) is 0. The Morgan fingerprint density at radius 2 is 2.00 bits per heavy atom. The third-order valence-corrected chi connectivity index (χ3v) is 5.14. The van der Waals surface area contributed by atoms with Gasteiger partial charge in [0.2, 0.25) is 5.91 Å². The smallest absolute Gasteiger partial charge is 0.233 e. The molecule has 3 rings (SSSR count). The van der Waals surface area contributed by atoms with E-state index in [0.717, 1.165) is 20.7 Å². The van der Waals surface area contributed by atoms with E-state index in [9.17, 15) is 9.18 Å². The van der Waals surface area contributed by atoms with Crippen molar-refractivity contribution in [3.63, 3.8) is 0 Å². The Hall–Kier alpha value is -2.05. The first-order valence-corrected chi connectivity index (χ1v) is 9.50. The third kappa shape index (κ3) is 4.32. The van der Waals surface area contributed by atoms with Gasteiger partial charge in [-0.2, -0.15) is 0 Å². The van der Waals surface area contributed by atoms with Gasteiger partial charge in [0.25, 0.3) is 0 Å². The molecular weight excluding hydrogens is 403 g/mol. The van der Waals surface area contributed by atoms with Crippen LogP contribution >= 0.6 is 27.3 Å². The first kappa shape index (κ1) is 17.8. The zero-order valence-corrected chi connectivity index (χ0v) is 16.0. The summed E-state index contributed by atoms with van der Waals surface area (Å²) in [6.45, 7) is 2.42. The van der Waals surface area contributed by atoms with Crippen LogP contribution in [0.3, 0.4) is 0 Å². The molecule has 3 aromatic rings. The van der Waals surface area contributed by atoms with Gasteiger partial charge in [-0.3, -0.25) is 4.79 Å². The van der Waals surface area contributed by atoms with Crippen LogP contribution in [0.25, 0.3) is 10.6 Å². The highest BCUT2D eigenvalue weighted by atomic mass is 79.9. The summed E-state index contributed by atoms with van der Waals surface area (Å²) in [6, 6.07) is 13.9. The molecule has 0 bridgehead atoms. The van der Waals surface area contributed by atoms with Crippen LogP contribution in [0.1, 0.15) is 12.6 Å². The normalized spacial score (nSPS) is 10.7. The van der Waals surface area contributed by atoms with Crippen molar-refractivity contribution < 1.29 is 9.18 Å². The lowest BCUT2D eigenvalue weighted by Gasteiger charge is -2.20. The number of aromatic nitrogens is 1. The fraction of sp³-hybridized carbons (Fsp3) is 0.158. The summed E-state index contributed by atoms with van der Waals surface area (Å²) < 4.78 is 14.1. The van der Waals surface area contributed by atoms with Crippen molar-refractivity contribution in [1.82, 2.24) is 4.98 Å². The van der Waals surface area contributed by atoms with Crippen molar-refractivity contribution in [1.29, 1.82) is 0 Å². The van der Waals surface area contributed by atoms with Gasteiger partial charge in [0.05, 0.1) is 12.1 Å². The molecule has 6 heteroatoms. The van der Waals surface area contributed by atoms with Gasteiger partial charge in [-0.15, -0.1) is 11.3 Å². The lowest BCUT2D eigenvalue weighted by atomic mass is 10.2. The largest absolute Gasteiger partial charge is 0.312 e. The van der Waals surface area contributed by atoms with Crippen molar-refractivity contribution in [2.24, 2.45) is 0 Å². The van der Waals surface area contributed by atoms with Crippen molar-refractivity contribution in [3.8, 4) is 10.6 Å². The zero-order chi connectivity index (χ0) is 17.8. The van der Waals surface area contributed by atoms with E-state index in [-0.39, 0.29) is 18.1 Å². The minimum absolute atomic E-state index is 0.0554. The van der Waals surface area contributed by atoms with Gasteiger partial charge in [0.1, 0.15) is 10.8 Å². The fourth-order valence-corrected chi connectivity index (χ4v) is 3.73. The number of carbonyl (C=O) groups is 1. The molecule has 0 fully saturated rings. The number of anilines is 1. The quantitative estimate of drug-likeness (QED) is 0.562. The van der Waals surface area contributed by atoms with Crippen LogP contribution in [0.2, 0.25) is 0 Å². The Morgan fingerprint density at radius 1 is 1.24 bits per heavy atom. The van der Waals surface area contributed by atoms with Crippen LogP contribution < -0.4 is 4.90 Å². The van der Waals surface area contributed by atoms with E-state index in [1.807, 2.05) is 36.6 Å². The Bertz CT molecular complexity index is 879. The van der Waals surface area contributed by atoms with Crippen molar-refractivity contribution in [3.05, 3.63) is 69.9 Å². The molecule has 1 amide bonds. The first-order valence-electron chi connectivity index (χ1n) is 7.83. The molecule has 0 radical (unpaired) electrons. The second kappa shape index (κ2) is 7.89. The molecule has 1 aromatic heterocycles. The van der Waals surface area contributed by atoms with Gasteiger partial charge >= 0.3 is 0 Å². The molecule has 0 atom stereocenters. The Balaban J connectivity index is 1.75. The lowest BCUT2D eigenvalue weighted by molar-refractivity contribution is -0.118. The molecule has 0 aliphatic heterocycles. The van der Waals surface area contributed by atoms with E-state index in [2.05, 4.69) is 20.9 Å². The molecule has 0 spiro atoms. The number of hydrogen-bond acceptors (Lipinski definition) is 3. The lowest BCUT2D eigenvalue weighted by Crippen LogP contribution is -2.32. The molecule has 2 aromatic carbocycles. The predicted molar refractivity (Wildman–Crippen MR) is 103 cm³/mol. The summed E-state index contributed by atoms with van der Waals surface area (Å²) in [5.74, 6) is -0.370. The van der Waals surface area contributed by atoms with Gasteiger partial charge < -0.3 is 4.90 Å². The second-order valence-electron chi connectivity index (χ2n) is 5.45. The van der Waals surface area contributed by atoms with E-state index >= 15 is 0 Å². The van der Waals surface area contributed by atoms with E-state index in [1.165, 1.54) is 23.5 Å². The summed E-state index contributed by atoms with van der Waals surface area (Å²) in [5, 5.41) is 2.79. The maximum absolute atomic E-state index is 13.1. The van der Waals surface area contributed by atoms with E-state index in [4.69, 9.17) is 0 Å². The number of likely N-dealkylation sites (N-methyl/N-ethyl adjacent to an activating group) is 1. The van der Waals surface area contributed by atoms with Crippen molar-refractivity contribution in [2.45, 2.75) is 13.3 Å². The molecule has 0 unspecified atom stereocenters.